The maximum Gasteiger partial charge on any atom is 0.679 e. The molecular formula is C12H28O4Si. The summed E-state index contributed by atoms with van der Waals surface area (Å²) in [5, 5.41) is 0. The summed E-state index contributed by atoms with van der Waals surface area (Å²) in [4.78, 5) is 0. The molecule has 0 spiro atoms. The van der Waals surface area contributed by atoms with Crippen molar-refractivity contribution in [1.82, 2.24) is 0 Å². The highest BCUT2D eigenvalue weighted by Gasteiger charge is 2.45. The number of rotatable bonds is 12. The van der Waals surface area contributed by atoms with Gasteiger partial charge in [-0.25, -0.2) is 0 Å². The van der Waals surface area contributed by atoms with Crippen LogP contribution in [-0.2, 0) is 17.7 Å². The van der Waals surface area contributed by atoms with E-state index >= 15 is 0 Å². The lowest BCUT2D eigenvalue weighted by molar-refractivity contribution is -0.0328. The predicted octanol–water partition coefficient (Wildman–Crippen LogP) is 3.13. The van der Waals surface area contributed by atoms with Crippen molar-refractivity contribution in [2.75, 3.05) is 26.4 Å². The van der Waals surface area contributed by atoms with Gasteiger partial charge < -0.3 is 17.7 Å². The van der Waals surface area contributed by atoms with Crippen molar-refractivity contribution < 1.29 is 17.7 Å². The van der Waals surface area contributed by atoms with E-state index in [1.54, 1.807) is 0 Å². The highest BCUT2D eigenvalue weighted by molar-refractivity contribution is 6.53. The van der Waals surface area contributed by atoms with Gasteiger partial charge in [0.1, 0.15) is 0 Å². The molecule has 0 aliphatic heterocycles. The van der Waals surface area contributed by atoms with Gasteiger partial charge in [0.05, 0.1) is 0 Å². The first-order valence-corrected chi connectivity index (χ1v) is 8.43. The van der Waals surface area contributed by atoms with Gasteiger partial charge in [0.25, 0.3) is 0 Å². The van der Waals surface area contributed by atoms with Crippen LogP contribution >= 0.6 is 0 Å². The molecule has 0 rings (SSSR count). The predicted molar refractivity (Wildman–Crippen MR) is 70.7 cm³/mol. The zero-order valence-electron chi connectivity index (χ0n) is 11.8. The van der Waals surface area contributed by atoms with E-state index in [0.29, 0.717) is 26.4 Å². The van der Waals surface area contributed by atoms with E-state index in [9.17, 15) is 0 Å². The first-order valence-electron chi connectivity index (χ1n) is 6.80. The van der Waals surface area contributed by atoms with E-state index in [4.69, 9.17) is 17.7 Å². The molecule has 0 aliphatic carbocycles. The Hall–Kier alpha value is 0.0569. The van der Waals surface area contributed by atoms with Gasteiger partial charge in [0.2, 0.25) is 0 Å². The SMILES string of the molecule is CCCCO[Si](OCC)(OCCC)OCCC. The standard InChI is InChI=1S/C12H28O4Si/c1-5-9-12-16-17(13-8-4,14-10-6-2)15-11-7-3/h5-12H2,1-4H3. The van der Waals surface area contributed by atoms with E-state index < -0.39 is 9.05 Å². The van der Waals surface area contributed by atoms with Gasteiger partial charge >= 0.3 is 9.05 Å². The average molecular weight is 264 g/mol. The zero-order chi connectivity index (χ0) is 13.0. The lowest BCUT2D eigenvalue weighted by atomic mass is 10.4. The average Bonchev–Trinajstić information content (AvgIpc) is 2.34. The summed E-state index contributed by atoms with van der Waals surface area (Å²) < 4.78 is 22.9. The van der Waals surface area contributed by atoms with E-state index in [1.807, 2.05) is 6.92 Å². The van der Waals surface area contributed by atoms with Crippen molar-refractivity contribution >= 4 is 9.05 Å². The normalized spacial score (nSPS) is 12.0. The number of hydrogen-bond donors (Lipinski definition) is 0. The fourth-order valence-corrected chi connectivity index (χ4v) is 3.38. The summed E-state index contributed by atoms with van der Waals surface area (Å²) in [5.41, 5.74) is 0. The lowest BCUT2D eigenvalue weighted by Crippen LogP contribution is -2.49. The summed E-state index contributed by atoms with van der Waals surface area (Å²) in [6.45, 7) is 10.7. The minimum atomic E-state index is -2.87. The Bertz CT molecular complexity index is 159. The molecule has 0 saturated heterocycles. The highest BCUT2D eigenvalue weighted by atomic mass is 28.4. The van der Waals surface area contributed by atoms with Crippen molar-refractivity contribution in [2.24, 2.45) is 0 Å². The molecular weight excluding hydrogens is 236 g/mol. The second-order valence-corrected chi connectivity index (χ2v) is 5.99. The molecule has 17 heavy (non-hydrogen) atoms. The van der Waals surface area contributed by atoms with Crippen LogP contribution < -0.4 is 0 Å². The van der Waals surface area contributed by atoms with Gasteiger partial charge in [-0.2, -0.15) is 0 Å². The molecule has 0 aromatic rings. The smallest absolute Gasteiger partial charge is 0.351 e. The molecule has 0 bridgehead atoms. The Balaban J connectivity index is 4.32. The van der Waals surface area contributed by atoms with Gasteiger partial charge in [-0.1, -0.05) is 27.2 Å². The highest BCUT2D eigenvalue weighted by Crippen LogP contribution is 2.14. The Kier molecular flexibility index (Phi) is 11.2. The minimum Gasteiger partial charge on any atom is -0.351 e. The van der Waals surface area contributed by atoms with Crippen molar-refractivity contribution in [3.8, 4) is 0 Å². The molecule has 4 nitrogen and oxygen atoms in total. The van der Waals surface area contributed by atoms with Crippen LogP contribution in [0.2, 0.25) is 0 Å². The van der Waals surface area contributed by atoms with Crippen LogP contribution in [0.1, 0.15) is 53.4 Å². The molecule has 0 fully saturated rings. The molecule has 0 amide bonds. The van der Waals surface area contributed by atoms with Crippen LogP contribution in [0.5, 0.6) is 0 Å². The summed E-state index contributed by atoms with van der Waals surface area (Å²) in [6, 6.07) is 0. The summed E-state index contributed by atoms with van der Waals surface area (Å²) in [6.07, 6.45) is 3.98. The number of hydrogen-bond acceptors (Lipinski definition) is 4. The monoisotopic (exact) mass is 264 g/mol. The third-order valence-corrected chi connectivity index (χ3v) is 4.38. The third kappa shape index (κ3) is 7.89. The van der Waals surface area contributed by atoms with Crippen LogP contribution in [-0.4, -0.2) is 35.5 Å². The summed E-state index contributed by atoms with van der Waals surface area (Å²) >= 11 is 0. The Morgan fingerprint density at radius 1 is 0.647 bits per heavy atom. The minimum absolute atomic E-state index is 0.561. The maximum atomic E-state index is 5.79. The Morgan fingerprint density at radius 2 is 1.18 bits per heavy atom. The third-order valence-electron chi connectivity index (χ3n) is 2.06. The fourth-order valence-electron chi connectivity index (χ4n) is 1.22. The van der Waals surface area contributed by atoms with Crippen molar-refractivity contribution in [2.45, 2.75) is 53.4 Å². The first kappa shape index (κ1) is 17.1. The van der Waals surface area contributed by atoms with Gasteiger partial charge in [0.15, 0.2) is 0 Å². The fraction of sp³-hybridized carbons (Fsp3) is 1.00. The van der Waals surface area contributed by atoms with E-state index in [2.05, 4.69) is 20.8 Å². The van der Waals surface area contributed by atoms with Gasteiger partial charge in [-0.15, -0.1) is 0 Å². The van der Waals surface area contributed by atoms with Crippen LogP contribution in [0.3, 0.4) is 0 Å². The van der Waals surface area contributed by atoms with Crippen molar-refractivity contribution in [1.29, 1.82) is 0 Å². The van der Waals surface area contributed by atoms with E-state index in [-0.39, 0.29) is 0 Å². The maximum absolute atomic E-state index is 5.79. The van der Waals surface area contributed by atoms with E-state index in [1.165, 1.54) is 0 Å². The summed E-state index contributed by atoms with van der Waals surface area (Å²) in [5.74, 6) is 0. The quantitative estimate of drug-likeness (QED) is 0.401. The molecule has 0 heterocycles. The van der Waals surface area contributed by atoms with Crippen molar-refractivity contribution in [3.63, 3.8) is 0 Å². The van der Waals surface area contributed by atoms with Crippen LogP contribution in [0.15, 0.2) is 0 Å². The molecule has 0 aromatic carbocycles. The summed E-state index contributed by atoms with van der Waals surface area (Å²) in [7, 11) is -2.87. The molecule has 0 N–H and O–H groups in total. The van der Waals surface area contributed by atoms with Crippen LogP contribution in [0, 0.1) is 0 Å². The van der Waals surface area contributed by atoms with Gasteiger partial charge in [0, 0.05) is 26.4 Å². The second kappa shape index (κ2) is 11.2. The molecule has 0 aromatic heterocycles. The molecule has 0 radical (unpaired) electrons. The second-order valence-electron chi connectivity index (χ2n) is 3.83. The van der Waals surface area contributed by atoms with Crippen molar-refractivity contribution in [3.05, 3.63) is 0 Å². The molecule has 0 unspecified atom stereocenters. The Morgan fingerprint density at radius 3 is 1.59 bits per heavy atom. The molecule has 0 aliphatic rings. The zero-order valence-corrected chi connectivity index (χ0v) is 12.8. The molecule has 0 saturated carbocycles. The van der Waals surface area contributed by atoms with Gasteiger partial charge in [-0.05, 0) is 26.2 Å². The van der Waals surface area contributed by atoms with Crippen LogP contribution in [0.25, 0.3) is 0 Å². The van der Waals surface area contributed by atoms with E-state index in [0.717, 1.165) is 25.7 Å². The molecule has 0 atom stereocenters. The van der Waals surface area contributed by atoms with Gasteiger partial charge in [-0.3, -0.25) is 0 Å². The Labute approximate surface area is 107 Å². The molecule has 5 heteroatoms. The molecule has 104 valence electrons. The number of unbranched alkanes of at least 4 members (excludes halogenated alkanes) is 1. The topological polar surface area (TPSA) is 36.9 Å². The first-order chi connectivity index (χ1) is 8.24. The lowest BCUT2D eigenvalue weighted by Gasteiger charge is -2.27. The van der Waals surface area contributed by atoms with Crippen LogP contribution in [0.4, 0.5) is 0 Å². The largest absolute Gasteiger partial charge is 0.679 e.